The van der Waals surface area contributed by atoms with Crippen LogP contribution in [0.4, 0.5) is 17.3 Å². The van der Waals surface area contributed by atoms with Crippen molar-refractivity contribution in [2.24, 2.45) is 5.73 Å². The zero-order valence-corrected chi connectivity index (χ0v) is 10.2. The number of rotatable bonds is 6. The molecule has 8 heteroatoms. The maximum atomic E-state index is 10.9. The van der Waals surface area contributed by atoms with Crippen molar-refractivity contribution >= 4 is 23.2 Å². The van der Waals surface area contributed by atoms with Crippen LogP contribution < -0.4 is 16.0 Å². The molecule has 1 rings (SSSR count). The highest BCUT2D eigenvalue weighted by Gasteiger charge is 2.21. The van der Waals surface area contributed by atoms with Crippen LogP contribution in [0.3, 0.4) is 0 Å². The Morgan fingerprint density at radius 1 is 1.61 bits per heavy atom. The molecule has 98 valence electrons. The Hall–Kier alpha value is -2.38. The second-order valence-electron chi connectivity index (χ2n) is 3.53. The molecule has 1 aromatic rings. The van der Waals surface area contributed by atoms with Crippen molar-refractivity contribution in [1.82, 2.24) is 4.98 Å². The van der Waals surface area contributed by atoms with E-state index in [2.05, 4.69) is 10.3 Å². The Balaban J connectivity index is 3.23. The number of aromatic nitrogens is 1. The topological polar surface area (TPSA) is 114 Å². The van der Waals surface area contributed by atoms with Crippen LogP contribution in [0.15, 0.2) is 12.1 Å². The minimum Gasteiger partial charge on any atom is -0.373 e. The lowest BCUT2D eigenvalue weighted by Crippen LogP contribution is -2.34. The Labute approximate surface area is 104 Å². The van der Waals surface area contributed by atoms with E-state index in [1.807, 2.05) is 0 Å². The molecule has 0 aliphatic heterocycles. The second-order valence-corrected chi connectivity index (χ2v) is 3.53. The average Bonchev–Trinajstić information content (AvgIpc) is 2.34. The molecule has 1 aromatic heterocycles. The molecule has 0 bridgehead atoms. The van der Waals surface area contributed by atoms with Gasteiger partial charge in [-0.1, -0.05) is 0 Å². The SMILES string of the molecule is CCN(CC(N)=O)c1nc(NC)ccc1[N+](=O)[O-]. The predicted molar refractivity (Wildman–Crippen MR) is 67.5 cm³/mol. The summed E-state index contributed by atoms with van der Waals surface area (Å²) in [6.07, 6.45) is 0. The van der Waals surface area contributed by atoms with Crippen molar-refractivity contribution < 1.29 is 9.72 Å². The summed E-state index contributed by atoms with van der Waals surface area (Å²) < 4.78 is 0. The summed E-state index contributed by atoms with van der Waals surface area (Å²) in [6.45, 7) is 2.04. The standard InChI is InChI=1S/C10H15N5O3/c1-3-14(6-8(11)16)10-7(15(17)18)4-5-9(12-2)13-10/h4-5H,3,6H2,1-2H3,(H2,11,16)(H,12,13). The Bertz CT molecular complexity index is 463. The molecule has 3 N–H and O–H groups in total. The zero-order valence-electron chi connectivity index (χ0n) is 10.2. The first-order chi connectivity index (χ1) is 8.49. The minimum atomic E-state index is -0.567. The molecule has 0 saturated carbocycles. The van der Waals surface area contributed by atoms with Crippen molar-refractivity contribution in [2.75, 3.05) is 30.4 Å². The molecule has 0 aromatic carbocycles. The molecule has 8 nitrogen and oxygen atoms in total. The monoisotopic (exact) mass is 253 g/mol. The van der Waals surface area contributed by atoms with E-state index in [1.165, 1.54) is 17.0 Å². The van der Waals surface area contributed by atoms with E-state index in [4.69, 9.17) is 5.73 Å². The number of nitrogens with two attached hydrogens (primary N) is 1. The van der Waals surface area contributed by atoms with Crippen LogP contribution in [0.5, 0.6) is 0 Å². The highest BCUT2D eigenvalue weighted by Crippen LogP contribution is 2.27. The lowest BCUT2D eigenvalue weighted by Gasteiger charge is -2.20. The molecular weight excluding hydrogens is 238 g/mol. The number of amides is 1. The van der Waals surface area contributed by atoms with Gasteiger partial charge in [0.05, 0.1) is 11.5 Å². The van der Waals surface area contributed by atoms with Gasteiger partial charge < -0.3 is 16.0 Å². The number of primary amides is 1. The molecular formula is C10H15N5O3. The van der Waals surface area contributed by atoms with Crippen LogP contribution >= 0.6 is 0 Å². The summed E-state index contributed by atoms with van der Waals surface area (Å²) in [6, 6.07) is 2.84. The average molecular weight is 253 g/mol. The molecule has 0 unspecified atom stereocenters. The Kier molecular flexibility index (Phi) is 4.41. The molecule has 0 radical (unpaired) electrons. The summed E-state index contributed by atoms with van der Waals surface area (Å²) in [7, 11) is 1.66. The number of hydrogen-bond acceptors (Lipinski definition) is 6. The Morgan fingerprint density at radius 3 is 2.72 bits per heavy atom. The first kappa shape index (κ1) is 13.7. The number of likely N-dealkylation sites (N-methyl/N-ethyl adjacent to an activating group) is 1. The van der Waals surface area contributed by atoms with E-state index in [-0.39, 0.29) is 18.1 Å². The van der Waals surface area contributed by atoms with Crippen LogP contribution in [-0.4, -0.2) is 36.0 Å². The molecule has 0 spiro atoms. The van der Waals surface area contributed by atoms with Gasteiger partial charge in [0.2, 0.25) is 11.7 Å². The van der Waals surface area contributed by atoms with E-state index < -0.39 is 10.8 Å². The largest absolute Gasteiger partial charge is 0.373 e. The third-order valence-electron chi connectivity index (χ3n) is 2.34. The fraction of sp³-hybridized carbons (Fsp3) is 0.400. The highest BCUT2D eigenvalue weighted by atomic mass is 16.6. The molecule has 0 fully saturated rings. The second kappa shape index (κ2) is 5.80. The number of nitrogens with zero attached hydrogens (tertiary/aromatic N) is 3. The van der Waals surface area contributed by atoms with Gasteiger partial charge in [0.25, 0.3) is 0 Å². The highest BCUT2D eigenvalue weighted by molar-refractivity contribution is 5.80. The normalized spacial score (nSPS) is 9.89. The molecule has 1 amide bonds. The van der Waals surface area contributed by atoms with Crippen LogP contribution in [0.2, 0.25) is 0 Å². The lowest BCUT2D eigenvalue weighted by atomic mass is 10.3. The van der Waals surface area contributed by atoms with Crippen LogP contribution in [0, 0.1) is 10.1 Å². The maximum Gasteiger partial charge on any atom is 0.311 e. The summed E-state index contributed by atoms with van der Waals surface area (Å²) in [5.41, 5.74) is 4.95. The number of nitro groups is 1. The fourth-order valence-corrected chi connectivity index (χ4v) is 1.48. The number of anilines is 2. The summed E-state index contributed by atoms with van der Waals surface area (Å²) in [4.78, 5) is 26.9. The minimum absolute atomic E-state index is 0.114. The molecule has 1 heterocycles. The van der Waals surface area contributed by atoms with Crippen molar-refractivity contribution in [1.29, 1.82) is 0 Å². The van der Waals surface area contributed by atoms with Crippen molar-refractivity contribution in [2.45, 2.75) is 6.92 Å². The van der Waals surface area contributed by atoms with Gasteiger partial charge in [-0.15, -0.1) is 0 Å². The molecule has 0 atom stereocenters. The first-order valence-electron chi connectivity index (χ1n) is 5.36. The fourth-order valence-electron chi connectivity index (χ4n) is 1.48. The molecule has 0 saturated heterocycles. The van der Waals surface area contributed by atoms with E-state index in [9.17, 15) is 14.9 Å². The van der Waals surface area contributed by atoms with E-state index >= 15 is 0 Å². The number of carbonyl (C=O) groups is 1. The zero-order chi connectivity index (χ0) is 13.7. The van der Waals surface area contributed by atoms with Gasteiger partial charge in [0, 0.05) is 19.7 Å². The molecule has 0 aliphatic rings. The number of pyridine rings is 1. The number of hydrogen-bond donors (Lipinski definition) is 2. The van der Waals surface area contributed by atoms with Crippen molar-refractivity contribution in [3.8, 4) is 0 Å². The quantitative estimate of drug-likeness (QED) is 0.558. The van der Waals surface area contributed by atoms with Gasteiger partial charge in [0.1, 0.15) is 5.82 Å². The number of carbonyl (C=O) groups excluding carboxylic acids is 1. The summed E-state index contributed by atoms with van der Waals surface area (Å²) >= 11 is 0. The van der Waals surface area contributed by atoms with Crippen molar-refractivity contribution in [3.05, 3.63) is 22.2 Å². The van der Waals surface area contributed by atoms with Crippen molar-refractivity contribution in [3.63, 3.8) is 0 Å². The van der Waals surface area contributed by atoms with Gasteiger partial charge >= 0.3 is 5.69 Å². The van der Waals surface area contributed by atoms with Crippen LogP contribution in [0.1, 0.15) is 6.92 Å². The maximum absolute atomic E-state index is 10.9. The molecule has 18 heavy (non-hydrogen) atoms. The Morgan fingerprint density at radius 2 is 2.28 bits per heavy atom. The third kappa shape index (κ3) is 3.06. The van der Waals surface area contributed by atoms with Crippen LogP contribution in [0.25, 0.3) is 0 Å². The van der Waals surface area contributed by atoms with Gasteiger partial charge in [-0.05, 0) is 13.0 Å². The summed E-state index contributed by atoms with van der Waals surface area (Å²) in [5.74, 6) is 0.0504. The van der Waals surface area contributed by atoms with E-state index in [0.29, 0.717) is 12.4 Å². The lowest BCUT2D eigenvalue weighted by molar-refractivity contribution is -0.384. The summed E-state index contributed by atoms with van der Waals surface area (Å²) in [5, 5.41) is 13.7. The smallest absolute Gasteiger partial charge is 0.311 e. The molecule has 0 aliphatic carbocycles. The predicted octanol–water partition coefficient (Wildman–Crippen LogP) is 0.343. The van der Waals surface area contributed by atoms with Gasteiger partial charge in [-0.25, -0.2) is 4.98 Å². The third-order valence-corrected chi connectivity index (χ3v) is 2.34. The van der Waals surface area contributed by atoms with Gasteiger partial charge in [-0.3, -0.25) is 14.9 Å². The van der Waals surface area contributed by atoms with Gasteiger partial charge in [0.15, 0.2) is 0 Å². The van der Waals surface area contributed by atoms with E-state index in [0.717, 1.165) is 0 Å². The van der Waals surface area contributed by atoms with E-state index in [1.54, 1.807) is 14.0 Å². The van der Waals surface area contributed by atoms with Gasteiger partial charge in [-0.2, -0.15) is 0 Å². The first-order valence-corrected chi connectivity index (χ1v) is 5.36. The number of nitrogens with one attached hydrogen (secondary N) is 1. The van der Waals surface area contributed by atoms with Crippen LogP contribution in [-0.2, 0) is 4.79 Å².